The molecule has 0 radical (unpaired) electrons. The van der Waals surface area contributed by atoms with E-state index in [1.165, 1.54) is 0 Å². The number of rotatable bonds is 11. The molecule has 0 saturated heterocycles. The molecule has 0 aromatic heterocycles. The minimum absolute atomic E-state index is 0.238. The van der Waals surface area contributed by atoms with Gasteiger partial charge in [0.2, 0.25) is 0 Å². The van der Waals surface area contributed by atoms with Gasteiger partial charge in [0.25, 0.3) is 0 Å². The Bertz CT molecular complexity index is 935. The Labute approximate surface area is 206 Å². The Morgan fingerprint density at radius 2 is 1.54 bits per heavy atom. The van der Waals surface area contributed by atoms with Gasteiger partial charge in [-0.1, -0.05) is 60.7 Å². The van der Waals surface area contributed by atoms with E-state index in [4.69, 9.17) is 21.1 Å². The lowest BCUT2D eigenvalue weighted by Crippen LogP contribution is -2.52. The molecule has 0 spiro atoms. The van der Waals surface area contributed by atoms with Crippen LogP contribution in [0.15, 0.2) is 60.7 Å². The number of carbonyl (C=O) groups excluding carboxylic acids is 2. The van der Waals surface area contributed by atoms with Crippen LogP contribution in [0.2, 0.25) is 0 Å². The number of nitrogens with zero attached hydrogens (tertiary/aromatic N) is 1. The lowest BCUT2D eigenvalue weighted by Gasteiger charge is -2.33. The molecule has 0 saturated carbocycles. The monoisotopic (exact) mass is 487 g/mol. The molecular weight excluding hydrogens is 450 g/mol. The van der Waals surface area contributed by atoms with Crippen molar-refractivity contribution in [3.8, 4) is 0 Å². The number of aliphatic hydroxyl groups is 2. The van der Waals surface area contributed by atoms with Gasteiger partial charge < -0.3 is 25.4 Å². The van der Waals surface area contributed by atoms with Crippen molar-refractivity contribution in [2.75, 3.05) is 13.2 Å². The minimum Gasteiger partial charge on any atom is -0.458 e. The van der Waals surface area contributed by atoms with Crippen molar-refractivity contribution >= 4 is 12.1 Å². The van der Waals surface area contributed by atoms with Crippen LogP contribution in [0.3, 0.4) is 0 Å². The zero-order valence-corrected chi connectivity index (χ0v) is 20.6. The SMILES string of the molecule is CC(C)(C)OC(=O)C(N)(CC(O)CN(N)C(=O)OCC(O)CCc1ccccc1)c1ccccc1. The van der Waals surface area contributed by atoms with Crippen LogP contribution in [-0.4, -0.2) is 58.2 Å². The summed E-state index contributed by atoms with van der Waals surface area (Å²) < 4.78 is 10.6. The molecule has 9 nitrogen and oxygen atoms in total. The molecule has 6 N–H and O–H groups in total. The largest absolute Gasteiger partial charge is 0.458 e. The first-order valence-corrected chi connectivity index (χ1v) is 11.6. The normalized spacial score (nSPS) is 14.9. The quantitative estimate of drug-likeness (QED) is 0.163. The van der Waals surface area contributed by atoms with E-state index in [1.807, 2.05) is 30.3 Å². The van der Waals surface area contributed by atoms with Gasteiger partial charge in [0, 0.05) is 6.42 Å². The highest BCUT2D eigenvalue weighted by Gasteiger charge is 2.41. The lowest BCUT2D eigenvalue weighted by atomic mass is 9.85. The summed E-state index contributed by atoms with van der Waals surface area (Å²) in [4.78, 5) is 25.2. The number of aliphatic hydroxyl groups excluding tert-OH is 2. The smallest absolute Gasteiger partial charge is 0.424 e. The van der Waals surface area contributed by atoms with Gasteiger partial charge in [-0.2, -0.15) is 0 Å². The second-order valence-corrected chi connectivity index (χ2v) is 9.60. The third-order valence-corrected chi connectivity index (χ3v) is 5.26. The van der Waals surface area contributed by atoms with Crippen molar-refractivity contribution in [1.82, 2.24) is 5.01 Å². The molecule has 0 aliphatic rings. The van der Waals surface area contributed by atoms with Crippen molar-refractivity contribution in [3.63, 3.8) is 0 Å². The van der Waals surface area contributed by atoms with E-state index in [0.29, 0.717) is 23.4 Å². The van der Waals surface area contributed by atoms with Crippen LogP contribution in [0.4, 0.5) is 4.79 Å². The molecule has 3 atom stereocenters. The van der Waals surface area contributed by atoms with Crippen LogP contribution in [0, 0.1) is 0 Å². The molecule has 9 heteroatoms. The zero-order valence-electron chi connectivity index (χ0n) is 20.6. The zero-order chi connectivity index (χ0) is 26.1. The summed E-state index contributed by atoms with van der Waals surface area (Å²) in [6.45, 7) is 4.58. The van der Waals surface area contributed by atoms with Crippen molar-refractivity contribution in [2.24, 2.45) is 11.6 Å². The minimum atomic E-state index is -1.66. The summed E-state index contributed by atoms with van der Waals surface area (Å²) in [7, 11) is 0. The summed E-state index contributed by atoms with van der Waals surface area (Å²) in [5.41, 5.74) is 5.54. The summed E-state index contributed by atoms with van der Waals surface area (Å²) in [6, 6.07) is 18.2. The second kappa shape index (κ2) is 12.6. The standard InChI is InChI=1S/C26H37N3O6/c1-25(2,3)35-23(32)26(27,20-12-8-5-9-13-20)16-22(31)17-29(28)24(33)34-18-21(30)15-14-19-10-6-4-7-11-19/h4-13,21-22,30-31H,14-18,27-28H2,1-3H3. The molecule has 0 fully saturated rings. The number of hydrogen-bond donors (Lipinski definition) is 4. The van der Waals surface area contributed by atoms with Crippen molar-refractivity contribution < 1.29 is 29.3 Å². The fourth-order valence-electron chi connectivity index (χ4n) is 3.47. The van der Waals surface area contributed by atoms with E-state index >= 15 is 0 Å². The van der Waals surface area contributed by atoms with Gasteiger partial charge in [-0.25, -0.2) is 20.4 Å². The van der Waals surface area contributed by atoms with Crippen molar-refractivity contribution in [3.05, 3.63) is 71.8 Å². The van der Waals surface area contributed by atoms with Crippen LogP contribution < -0.4 is 11.6 Å². The number of nitrogens with two attached hydrogens (primary N) is 2. The van der Waals surface area contributed by atoms with Crippen molar-refractivity contribution in [2.45, 2.75) is 63.4 Å². The summed E-state index contributed by atoms with van der Waals surface area (Å²) >= 11 is 0. The van der Waals surface area contributed by atoms with Crippen LogP contribution in [-0.2, 0) is 26.2 Å². The van der Waals surface area contributed by atoms with Gasteiger partial charge in [-0.3, -0.25) is 0 Å². The Kier molecular flexibility index (Phi) is 10.2. The maximum absolute atomic E-state index is 13.0. The summed E-state index contributed by atoms with van der Waals surface area (Å²) in [6.07, 6.45) is -2.23. The van der Waals surface area contributed by atoms with E-state index in [1.54, 1.807) is 51.1 Å². The number of esters is 1. The molecule has 1 amide bonds. The molecular formula is C26H37N3O6. The van der Waals surface area contributed by atoms with Crippen LogP contribution >= 0.6 is 0 Å². The second-order valence-electron chi connectivity index (χ2n) is 9.60. The third kappa shape index (κ3) is 9.29. The van der Waals surface area contributed by atoms with Crippen LogP contribution in [0.25, 0.3) is 0 Å². The highest BCUT2D eigenvalue weighted by Crippen LogP contribution is 2.28. The molecule has 3 unspecified atom stereocenters. The Hall–Kier alpha value is -2.98. The number of ether oxygens (including phenoxy) is 2. The predicted octanol–water partition coefficient (Wildman–Crippen LogP) is 2.24. The molecule has 0 aliphatic heterocycles. The van der Waals surface area contributed by atoms with Gasteiger partial charge >= 0.3 is 12.1 Å². The number of benzene rings is 2. The van der Waals surface area contributed by atoms with E-state index in [-0.39, 0.29) is 19.6 Å². The van der Waals surface area contributed by atoms with E-state index in [9.17, 15) is 19.8 Å². The number of aryl methyl sites for hydroxylation is 1. The third-order valence-electron chi connectivity index (χ3n) is 5.26. The Morgan fingerprint density at radius 3 is 2.11 bits per heavy atom. The first-order valence-electron chi connectivity index (χ1n) is 11.6. The number of carbonyl (C=O) groups is 2. The topological polar surface area (TPSA) is 148 Å². The molecule has 0 aliphatic carbocycles. The first-order chi connectivity index (χ1) is 16.4. The molecule has 2 aromatic carbocycles. The number of hydrazine groups is 1. The van der Waals surface area contributed by atoms with Gasteiger partial charge in [-0.05, 0) is 44.7 Å². The predicted molar refractivity (Wildman–Crippen MR) is 132 cm³/mol. The molecule has 0 heterocycles. The fraction of sp³-hybridized carbons (Fsp3) is 0.462. The summed E-state index contributed by atoms with van der Waals surface area (Å²) in [5.74, 6) is 5.06. The molecule has 192 valence electrons. The van der Waals surface area contributed by atoms with Gasteiger partial charge in [0.15, 0.2) is 0 Å². The highest BCUT2D eigenvalue weighted by molar-refractivity contribution is 5.82. The molecule has 0 bridgehead atoms. The van der Waals surface area contributed by atoms with E-state index < -0.39 is 35.4 Å². The average molecular weight is 488 g/mol. The highest BCUT2D eigenvalue weighted by atomic mass is 16.6. The van der Waals surface area contributed by atoms with Gasteiger partial charge in [0.1, 0.15) is 17.7 Å². The Balaban J connectivity index is 1.91. The van der Waals surface area contributed by atoms with E-state index in [0.717, 1.165) is 5.56 Å². The molecule has 35 heavy (non-hydrogen) atoms. The van der Waals surface area contributed by atoms with Crippen LogP contribution in [0.1, 0.15) is 44.7 Å². The summed E-state index contributed by atoms with van der Waals surface area (Å²) in [5, 5.41) is 21.4. The van der Waals surface area contributed by atoms with Crippen molar-refractivity contribution in [1.29, 1.82) is 0 Å². The maximum Gasteiger partial charge on any atom is 0.424 e. The van der Waals surface area contributed by atoms with Gasteiger partial charge in [0.05, 0.1) is 18.8 Å². The van der Waals surface area contributed by atoms with E-state index in [2.05, 4.69) is 0 Å². The number of amides is 1. The van der Waals surface area contributed by atoms with Gasteiger partial charge in [-0.15, -0.1) is 0 Å². The Morgan fingerprint density at radius 1 is 0.971 bits per heavy atom. The van der Waals surface area contributed by atoms with Crippen LogP contribution in [0.5, 0.6) is 0 Å². The number of hydrogen-bond acceptors (Lipinski definition) is 8. The lowest BCUT2D eigenvalue weighted by molar-refractivity contribution is -0.163. The average Bonchev–Trinajstić information content (AvgIpc) is 2.81. The molecule has 2 aromatic rings. The maximum atomic E-state index is 13.0. The molecule has 2 rings (SSSR count). The first kappa shape index (κ1) is 28.3. The fourth-order valence-corrected chi connectivity index (χ4v) is 3.47.